The van der Waals surface area contributed by atoms with Crippen LogP contribution in [0.4, 0.5) is 4.39 Å². The molecule has 0 radical (unpaired) electrons. The predicted octanol–water partition coefficient (Wildman–Crippen LogP) is 4.69. The number of hydrogen-bond acceptors (Lipinski definition) is 2. The van der Waals surface area contributed by atoms with Gasteiger partial charge < -0.3 is 4.74 Å². The molecule has 0 spiro atoms. The Morgan fingerprint density at radius 1 is 1.26 bits per heavy atom. The topological polar surface area (TPSA) is 33.0 Å². The molecule has 0 bridgehead atoms. The molecule has 5 heteroatoms. The predicted molar refractivity (Wildman–Crippen MR) is 74.6 cm³/mol. The molecule has 2 aromatic rings. The molecule has 0 N–H and O–H groups in total. The Hall–Kier alpha value is -1.57. The van der Waals surface area contributed by atoms with Gasteiger partial charge in [-0.1, -0.05) is 27.5 Å². The van der Waals surface area contributed by atoms with Crippen LogP contribution in [0.2, 0.25) is 5.02 Å². The lowest BCUT2D eigenvalue weighted by atomic mass is 10.1. The Morgan fingerprint density at radius 2 is 2.05 bits per heavy atom. The van der Waals surface area contributed by atoms with Crippen molar-refractivity contribution in [2.75, 3.05) is 0 Å². The van der Waals surface area contributed by atoms with Gasteiger partial charge in [-0.15, -0.1) is 0 Å². The summed E-state index contributed by atoms with van der Waals surface area (Å²) in [7, 11) is 0. The highest BCUT2D eigenvalue weighted by atomic mass is 79.9. The van der Waals surface area contributed by atoms with Gasteiger partial charge in [-0.2, -0.15) is 5.26 Å². The van der Waals surface area contributed by atoms with Gasteiger partial charge in [0.2, 0.25) is 0 Å². The van der Waals surface area contributed by atoms with E-state index in [9.17, 15) is 4.39 Å². The van der Waals surface area contributed by atoms with Crippen molar-refractivity contribution in [2.24, 2.45) is 0 Å². The second kappa shape index (κ2) is 6.05. The molecule has 0 saturated heterocycles. The summed E-state index contributed by atoms with van der Waals surface area (Å²) in [6.45, 7) is 0.0802. The summed E-state index contributed by atoms with van der Waals surface area (Å²) >= 11 is 9.29. The quantitative estimate of drug-likeness (QED) is 0.812. The number of halogens is 3. The molecule has 0 aliphatic carbocycles. The van der Waals surface area contributed by atoms with Crippen molar-refractivity contribution in [2.45, 2.75) is 6.61 Å². The Bertz CT molecular complexity index is 654. The van der Waals surface area contributed by atoms with Gasteiger partial charge in [0, 0.05) is 10.0 Å². The van der Waals surface area contributed by atoms with Crippen molar-refractivity contribution in [3.05, 3.63) is 62.8 Å². The highest BCUT2D eigenvalue weighted by Gasteiger charge is 2.07. The van der Waals surface area contributed by atoms with Crippen molar-refractivity contribution in [3.63, 3.8) is 0 Å². The lowest BCUT2D eigenvalue weighted by Gasteiger charge is -2.09. The van der Waals surface area contributed by atoms with E-state index in [0.717, 1.165) is 4.47 Å². The summed E-state index contributed by atoms with van der Waals surface area (Å²) in [5.41, 5.74) is 0.867. The largest absolute Gasteiger partial charge is 0.487 e. The third-order valence-corrected chi connectivity index (χ3v) is 3.27. The molecule has 0 heterocycles. The first kappa shape index (κ1) is 13.9. The third-order valence-electron chi connectivity index (χ3n) is 2.46. The number of nitrogens with zero attached hydrogens (tertiary/aromatic N) is 1. The Labute approximate surface area is 123 Å². The maximum atomic E-state index is 13.2. The van der Waals surface area contributed by atoms with E-state index >= 15 is 0 Å². The van der Waals surface area contributed by atoms with Gasteiger partial charge >= 0.3 is 0 Å². The molecule has 0 aliphatic heterocycles. The van der Waals surface area contributed by atoms with Gasteiger partial charge in [0.25, 0.3) is 0 Å². The van der Waals surface area contributed by atoms with E-state index in [-0.39, 0.29) is 6.61 Å². The molecule has 0 aliphatic rings. The van der Waals surface area contributed by atoms with Crippen LogP contribution in [-0.2, 0) is 6.61 Å². The Balaban J connectivity index is 2.21. The minimum absolute atomic E-state index is 0.0802. The molecule has 0 saturated carbocycles. The van der Waals surface area contributed by atoms with Crippen molar-refractivity contribution < 1.29 is 9.13 Å². The summed E-state index contributed by atoms with van der Waals surface area (Å²) in [6, 6.07) is 11.1. The molecule has 0 unspecified atom stereocenters. The fourth-order valence-corrected chi connectivity index (χ4v) is 2.05. The number of nitriles is 1. The van der Waals surface area contributed by atoms with Gasteiger partial charge in [0.1, 0.15) is 18.2 Å². The summed E-state index contributed by atoms with van der Waals surface area (Å²) in [5, 5.41) is 9.40. The summed E-state index contributed by atoms with van der Waals surface area (Å²) < 4.78 is 19.5. The average molecular weight is 341 g/mol. The van der Waals surface area contributed by atoms with Crippen LogP contribution in [0.3, 0.4) is 0 Å². The van der Waals surface area contributed by atoms with Crippen LogP contribution >= 0.6 is 27.5 Å². The lowest BCUT2D eigenvalue weighted by Crippen LogP contribution is -1.99. The highest BCUT2D eigenvalue weighted by Crippen LogP contribution is 2.28. The minimum atomic E-state index is -0.405. The number of ether oxygens (including phenoxy) is 1. The number of benzene rings is 2. The molecule has 2 rings (SSSR count). The summed E-state index contributed by atoms with van der Waals surface area (Å²) in [4.78, 5) is 0. The van der Waals surface area contributed by atoms with Crippen molar-refractivity contribution in [1.82, 2.24) is 0 Å². The van der Waals surface area contributed by atoms with Crippen LogP contribution in [0.5, 0.6) is 5.75 Å². The van der Waals surface area contributed by atoms with Crippen LogP contribution < -0.4 is 4.74 Å². The van der Waals surface area contributed by atoms with Gasteiger partial charge in [-0.25, -0.2) is 4.39 Å². The standard InChI is InChI=1S/C14H8BrClFNO/c15-11-2-4-13(16)14(6-11)19-8-10-5-12(17)3-1-9(10)7-18/h1-6H,8H2. The second-order valence-electron chi connectivity index (χ2n) is 3.78. The maximum absolute atomic E-state index is 13.2. The number of rotatable bonds is 3. The monoisotopic (exact) mass is 339 g/mol. The van der Waals surface area contributed by atoms with Gasteiger partial charge in [-0.05, 0) is 36.4 Å². The highest BCUT2D eigenvalue weighted by molar-refractivity contribution is 9.10. The molecule has 0 fully saturated rings. The zero-order chi connectivity index (χ0) is 13.8. The molecular formula is C14H8BrClFNO. The first-order valence-corrected chi connectivity index (χ1v) is 6.53. The van der Waals surface area contributed by atoms with Gasteiger partial charge in [-0.3, -0.25) is 0 Å². The first-order valence-electron chi connectivity index (χ1n) is 5.36. The zero-order valence-electron chi connectivity index (χ0n) is 9.66. The van der Waals surface area contributed by atoms with Crippen molar-refractivity contribution in [3.8, 4) is 11.8 Å². The first-order chi connectivity index (χ1) is 9.10. The summed E-state index contributed by atoms with van der Waals surface area (Å²) in [5.74, 6) is 0.0714. The van der Waals surface area contributed by atoms with Crippen LogP contribution in [0.1, 0.15) is 11.1 Å². The molecule has 2 aromatic carbocycles. The smallest absolute Gasteiger partial charge is 0.139 e. The normalized spacial score (nSPS) is 10.0. The average Bonchev–Trinajstić information content (AvgIpc) is 2.40. The minimum Gasteiger partial charge on any atom is -0.487 e. The molecular weight excluding hydrogens is 333 g/mol. The number of hydrogen-bond donors (Lipinski definition) is 0. The fraction of sp³-hybridized carbons (Fsp3) is 0.0714. The van der Waals surface area contributed by atoms with E-state index in [1.165, 1.54) is 18.2 Å². The van der Waals surface area contributed by atoms with E-state index in [1.807, 2.05) is 6.07 Å². The van der Waals surface area contributed by atoms with Crippen LogP contribution in [0.25, 0.3) is 0 Å². The van der Waals surface area contributed by atoms with Crippen LogP contribution in [0.15, 0.2) is 40.9 Å². The van der Waals surface area contributed by atoms with E-state index in [4.69, 9.17) is 21.6 Å². The third kappa shape index (κ3) is 3.46. The molecule has 96 valence electrons. The van der Waals surface area contributed by atoms with E-state index < -0.39 is 5.82 Å². The summed E-state index contributed by atoms with van der Waals surface area (Å²) in [6.07, 6.45) is 0. The molecule has 0 amide bonds. The SMILES string of the molecule is N#Cc1ccc(F)cc1COc1cc(Br)ccc1Cl. The molecule has 0 atom stereocenters. The molecule has 0 aromatic heterocycles. The van der Waals surface area contributed by atoms with E-state index in [2.05, 4.69) is 15.9 Å². The maximum Gasteiger partial charge on any atom is 0.139 e. The Kier molecular flexibility index (Phi) is 4.41. The second-order valence-corrected chi connectivity index (χ2v) is 5.10. The molecule has 2 nitrogen and oxygen atoms in total. The van der Waals surface area contributed by atoms with Crippen LogP contribution in [0, 0.1) is 17.1 Å². The van der Waals surface area contributed by atoms with E-state index in [1.54, 1.807) is 18.2 Å². The van der Waals surface area contributed by atoms with Crippen LogP contribution in [-0.4, -0.2) is 0 Å². The Morgan fingerprint density at radius 3 is 2.79 bits per heavy atom. The lowest BCUT2D eigenvalue weighted by molar-refractivity contribution is 0.305. The fourth-order valence-electron chi connectivity index (χ4n) is 1.53. The zero-order valence-corrected chi connectivity index (χ0v) is 12.0. The van der Waals surface area contributed by atoms with Gasteiger partial charge in [0.15, 0.2) is 0 Å². The van der Waals surface area contributed by atoms with Crippen molar-refractivity contribution in [1.29, 1.82) is 5.26 Å². The van der Waals surface area contributed by atoms with E-state index in [0.29, 0.717) is 21.9 Å². The van der Waals surface area contributed by atoms with Crippen molar-refractivity contribution >= 4 is 27.5 Å². The van der Waals surface area contributed by atoms with Gasteiger partial charge in [0.05, 0.1) is 16.7 Å². The molecule has 19 heavy (non-hydrogen) atoms.